The molecule has 11 aromatic carbocycles. The number of hydrogen-bond acceptors (Lipinski definition) is 0. The zero-order valence-corrected chi connectivity index (χ0v) is 34.0. The van der Waals surface area contributed by atoms with Gasteiger partial charge in [-0.15, -0.1) is 0 Å². The molecule has 0 heterocycles. The Labute approximate surface area is 370 Å². The highest BCUT2D eigenvalue weighted by atomic mass is 19.2. The second-order valence-corrected chi connectivity index (χ2v) is 17.0. The van der Waals surface area contributed by atoms with E-state index in [9.17, 15) is 0 Å². The normalized spacial score (nSPS) is 12.2. The first-order valence-corrected chi connectivity index (χ1v) is 21.1. The number of hydrogen-bond donors (Lipinski definition) is 0. The van der Waals surface area contributed by atoms with Crippen LogP contribution in [0.3, 0.4) is 0 Å². The Morgan fingerprint density at radius 1 is 0.197 bits per heavy atom. The van der Waals surface area contributed by atoms with Crippen molar-refractivity contribution in [2.75, 3.05) is 0 Å². The summed E-state index contributed by atoms with van der Waals surface area (Å²) >= 11 is 0. The SMILES string of the molecule is Fc1cc(F)cc(-c2c3c(c(-c4cc(F)cc(F)c4)c4ccccc24)-c2ccc4c5c(ccc-3c25)-c2cc3c(-c5cc(F)cc(F)c5)c5ccccc5c(-c5cc(F)cc(F)c5)c3cc2-4)c1. The van der Waals surface area contributed by atoms with Crippen molar-refractivity contribution < 1.29 is 35.1 Å². The molecule has 0 aliphatic heterocycles. The largest absolute Gasteiger partial charge is 0.207 e. The molecule has 2 aliphatic rings. The fourth-order valence-corrected chi connectivity index (χ4v) is 11.0. The van der Waals surface area contributed by atoms with Crippen LogP contribution in [0.25, 0.3) is 132 Å². The molecule has 0 fully saturated rings. The van der Waals surface area contributed by atoms with Gasteiger partial charge >= 0.3 is 0 Å². The van der Waals surface area contributed by atoms with E-state index in [-0.39, 0.29) is 22.3 Å². The van der Waals surface area contributed by atoms with Crippen LogP contribution < -0.4 is 0 Å². The molecule has 0 unspecified atom stereocenters. The Balaban J connectivity index is 1.17. The van der Waals surface area contributed by atoms with Crippen molar-refractivity contribution in [3.63, 3.8) is 0 Å². The molecule has 66 heavy (non-hydrogen) atoms. The molecule has 2 aliphatic carbocycles. The monoisotopic (exact) mass is 874 g/mol. The first kappa shape index (κ1) is 38.4. The van der Waals surface area contributed by atoms with Gasteiger partial charge in [0.05, 0.1) is 0 Å². The average Bonchev–Trinajstić information content (AvgIpc) is 3.76. The summed E-state index contributed by atoms with van der Waals surface area (Å²) < 4.78 is 121. The van der Waals surface area contributed by atoms with Crippen LogP contribution in [0.1, 0.15) is 0 Å². The Bertz CT molecular complexity index is 3700. The standard InChI is InChI=1S/C58H26F8/c59-31-13-27(14-32(60)21-31)51-39-5-1-2-6-40(39)52(28-15-33(61)22-34(62)16-28)50-26-48-44-10-12-46-56-45(11-9-43(55(44)56)47(48)25-49(50)51)57-53(29-17-35(63)23-36(64)18-29)41-7-3-4-8-42(41)54(58(46)57)30-19-37(65)24-38(66)20-30/h1-26H. The van der Waals surface area contributed by atoms with Crippen molar-refractivity contribution in [3.05, 3.63) is 204 Å². The third kappa shape index (κ3) is 5.45. The van der Waals surface area contributed by atoms with Gasteiger partial charge in [-0.2, -0.15) is 0 Å². The van der Waals surface area contributed by atoms with Crippen LogP contribution in [-0.2, 0) is 0 Å². The molecule has 0 N–H and O–H groups in total. The molecule has 0 bridgehead atoms. The minimum atomic E-state index is -0.775. The molecule has 0 saturated carbocycles. The summed E-state index contributed by atoms with van der Waals surface area (Å²) in [6, 6.07) is 39.7. The first-order chi connectivity index (χ1) is 32.0. The molecular formula is C58H26F8. The summed E-state index contributed by atoms with van der Waals surface area (Å²) in [7, 11) is 0. The van der Waals surface area contributed by atoms with E-state index < -0.39 is 46.5 Å². The van der Waals surface area contributed by atoms with Gasteiger partial charge in [-0.1, -0.05) is 72.8 Å². The fourth-order valence-electron chi connectivity index (χ4n) is 11.0. The van der Waals surface area contributed by atoms with Crippen LogP contribution in [0.2, 0.25) is 0 Å². The predicted octanol–water partition coefficient (Wildman–Crippen LogP) is 17.4. The molecule has 0 atom stereocenters. The van der Waals surface area contributed by atoms with E-state index in [0.717, 1.165) is 68.4 Å². The van der Waals surface area contributed by atoms with Crippen LogP contribution in [0.15, 0.2) is 158 Å². The van der Waals surface area contributed by atoms with E-state index in [4.69, 9.17) is 0 Å². The van der Waals surface area contributed by atoms with Crippen LogP contribution >= 0.6 is 0 Å². The van der Waals surface area contributed by atoms with Crippen LogP contribution in [0, 0.1) is 46.5 Å². The van der Waals surface area contributed by atoms with Gasteiger partial charge in [0.1, 0.15) is 46.5 Å². The summed E-state index contributed by atoms with van der Waals surface area (Å²) in [5.41, 5.74) is 9.17. The van der Waals surface area contributed by atoms with E-state index >= 15 is 35.1 Å². The Hall–Kier alpha value is -8.10. The van der Waals surface area contributed by atoms with Gasteiger partial charge in [-0.05, 0) is 193 Å². The maximum absolute atomic E-state index is 15.2. The molecule has 8 heteroatoms. The van der Waals surface area contributed by atoms with Crippen molar-refractivity contribution in [1.29, 1.82) is 0 Å². The first-order valence-electron chi connectivity index (χ1n) is 21.1. The minimum absolute atomic E-state index is 0.270. The Morgan fingerprint density at radius 2 is 0.455 bits per heavy atom. The summed E-state index contributed by atoms with van der Waals surface area (Å²) in [5.74, 6) is -6.19. The minimum Gasteiger partial charge on any atom is -0.207 e. The lowest BCUT2D eigenvalue weighted by atomic mass is 9.82. The summed E-state index contributed by atoms with van der Waals surface area (Å²) in [6.07, 6.45) is 0. The van der Waals surface area contributed by atoms with Crippen LogP contribution in [-0.4, -0.2) is 0 Å². The topological polar surface area (TPSA) is 0 Å². The van der Waals surface area contributed by atoms with Gasteiger partial charge < -0.3 is 0 Å². The van der Waals surface area contributed by atoms with E-state index in [0.29, 0.717) is 65.7 Å². The van der Waals surface area contributed by atoms with E-state index in [1.54, 1.807) is 24.3 Å². The van der Waals surface area contributed by atoms with Crippen molar-refractivity contribution in [2.24, 2.45) is 0 Å². The lowest BCUT2D eigenvalue weighted by Gasteiger charge is -2.21. The summed E-state index contributed by atoms with van der Waals surface area (Å²) in [6.45, 7) is 0. The number of benzene rings is 11. The van der Waals surface area contributed by atoms with Crippen molar-refractivity contribution in [1.82, 2.24) is 0 Å². The van der Waals surface area contributed by atoms with Gasteiger partial charge in [0.25, 0.3) is 0 Å². The van der Waals surface area contributed by atoms with Gasteiger partial charge in [-0.3, -0.25) is 0 Å². The maximum atomic E-state index is 15.2. The third-order valence-electron chi connectivity index (χ3n) is 13.3. The molecule has 314 valence electrons. The summed E-state index contributed by atoms with van der Waals surface area (Å²) in [4.78, 5) is 0. The second-order valence-electron chi connectivity index (χ2n) is 17.0. The van der Waals surface area contributed by atoms with Crippen LogP contribution in [0.5, 0.6) is 0 Å². The molecule has 11 aromatic rings. The van der Waals surface area contributed by atoms with Crippen molar-refractivity contribution >= 4 is 43.1 Å². The lowest BCUT2D eigenvalue weighted by Crippen LogP contribution is -1.95. The number of fused-ring (bicyclic) bond motifs is 9. The molecule has 0 spiro atoms. The number of halogens is 8. The van der Waals surface area contributed by atoms with Gasteiger partial charge in [-0.25, -0.2) is 35.1 Å². The maximum Gasteiger partial charge on any atom is 0.126 e. The predicted molar refractivity (Wildman–Crippen MR) is 247 cm³/mol. The van der Waals surface area contributed by atoms with Crippen molar-refractivity contribution in [3.8, 4) is 89.0 Å². The highest BCUT2D eigenvalue weighted by molar-refractivity contribution is 6.33. The van der Waals surface area contributed by atoms with Gasteiger partial charge in [0.2, 0.25) is 0 Å². The highest BCUT2D eigenvalue weighted by Gasteiger charge is 2.35. The van der Waals surface area contributed by atoms with Crippen LogP contribution in [0.4, 0.5) is 35.1 Å². The molecule has 0 nitrogen and oxygen atoms in total. The smallest absolute Gasteiger partial charge is 0.126 e. The van der Waals surface area contributed by atoms with E-state index in [1.807, 2.05) is 60.7 Å². The zero-order chi connectivity index (χ0) is 44.9. The average molecular weight is 875 g/mol. The molecule has 0 aromatic heterocycles. The molecule has 0 amide bonds. The van der Waals surface area contributed by atoms with Gasteiger partial charge in [0.15, 0.2) is 0 Å². The Kier molecular flexibility index (Phi) is 7.97. The van der Waals surface area contributed by atoms with E-state index in [2.05, 4.69) is 0 Å². The molecule has 0 saturated heterocycles. The van der Waals surface area contributed by atoms with E-state index in [1.165, 1.54) is 48.5 Å². The van der Waals surface area contributed by atoms with Crippen molar-refractivity contribution in [2.45, 2.75) is 0 Å². The molecule has 0 radical (unpaired) electrons. The fraction of sp³-hybridized carbons (Fsp3) is 0. The highest BCUT2D eigenvalue weighted by Crippen LogP contribution is 2.62. The zero-order valence-electron chi connectivity index (χ0n) is 34.0. The molecular weight excluding hydrogens is 849 g/mol. The third-order valence-corrected chi connectivity index (χ3v) is 13.3. The van der Waals surface area contributed by atoms with Gasteiger partial charge in [0, 0.05) is 24.3 Å². The molecule has 13 rings (SSSR count). The summed E-state index contributed by atoms with van der Waals surface area (Å²) in [5, 5.41) is 5.25. The number of rotatable bonds is 4. The quantitative estimate of drug-likeness (QED) is 0.122. The second kappa shape index (κ2) is 13.7. The Morgan fingerprint density at radius 3 is 0.773 bits per heavy atom. The lowest BCUT2D eigenvalue weighted by molar-refractivity contribution is 0.583.